The number of pyridine rings is 1. The highest BCUT2D eigenvalue weighted by Crippen LogP contribution is 2.55. The van der Waals surface area contributed by atoms with E-state index in [4.69, 9.17) is 4.42 Å². The molecule has 3 aromatic rings. The SMILES string of the molecule is N#Cc1nc([C@@H]2C[C@H]2c2ccccc2)oc1N1C[C@H]2C[C@@H](C1)c1cccc(=O)n1C2. The summed E-state index contributed by atoms with van der Waals surface area (Å²) in [5.41, 5.74) is 2.86. The van der Waals surface area contributed by atoms with Gasteiger partial charge in [-0.05, 0) is 36.3 Å². The molecule has 6 heteroatoms. The maximum absolute atomic E-state index is 12.3. The average molecular weight is 398 g/mol. The van der Waals surface area contributed by atoms with E-state index in [0.717, 1.165) is 38.2 Å². The number of benzene rings is 1. The van der Waals surface area contributed by atoms with E-state index in [2.05, 4.69) is 46.3 Å². The lowest BCUT2D eigenvalue weighted by Crippen LogP contribution is -2.47. The quantitative estimate of drug-likeness (QED) is 0.674. The zero-order chi connectivity index (χ0) is 20.2. The average Bonchev–Trinajstić information content (AvgIpc) is 3.46. The fourth-order valence-corrected chi connectivity index (χ4v) is 5.37. The van der Waals surface area contributed by atoms with E-state index in [0.29, 0.717) is 29.3 Å². The molecule has 2 aromatic heterocycles. The Kier molecular flexibility index (Phi) is 3.85. The third kappa shape index (κ3) is 2.77. The predicted octanol–water partition coefficient (Wildman–Crippen LogP) is 3.60. The van der Waals surface area contributed by atoms with E-state index < -0.39 is 0 Å². The fraction of sp³-hybridized carbons (Fsp3) is 0.375. The molecule has 150 valence electrons. The third-order valence-corrected chi connectivity index (χ3v) is 6.83. The Balaban J connectivity index is 1.28. The van der Waals surface area contributed by atoms with Gasteiger partial charge in [-0.15, -0.1) is 0 Å². The van der Waals surface area contributed by atoms with Crippen LogP contribution in [0.5, 0.6) is 0 Å². The van der Waals surface area contributed by atoms with Gasteiger partial charge in [-0.1, -0.05) is 36.4 Å². The Morgan fingerprint density at radius 3 is 2.70 bits per heavy atom. The maximum Gasteiger partial charge on any atom is 0.250 e. The first-order valence-corrected chi connectivity index (χ1v) is 10.6. The van der Waals surface area contributed by atoms with Crippen LogP contribution in [0, 0.1) is 17.2 Å². The highest BCUT2D eigenvalue weighted by Gasteiger charge is 2.44. The summed E-state index contributed by atoms with van der Waals surface area (Å²) in [6, 6.07) is 18.2. The molecule has 0 N–H and O–H groups in total. The molecule has 1 aliphatic carbocycles. The first kappa shape index (κ1) is 17.5. The number of hydrogen-bond donors (Lipinski definition) is 0. The smallest absolute Gasteiger partial charge is 0.250 e. The molecule has 0 unspecified atom stereocenters. The summed E-state index contributed by atoms with van der Waals surface area (Å²) in [6.07, 6.45) is 2.08. The molecule has 0 amide bonds. The van der Waals surface area contributed by atoms with Crippen LogP contribution in [0.15, 0.2) is 57.7 Å². The summed E-state index contributed by atoms with van der Waals surface area (Å²) < 4.78 is 8.14. The number of hydrogen-bond acceptors (Lipinski definition) is 5. The Morgan fingerprint density at radius 2 is 1.87 bits per heavy atom. The highest BCUT2D eigenvalue weighted by atomic mass is 16.4. The van der Waals surface area contributed by atoms with Crippen LogP contribution in [0.1, 0.15) is 53.4 Å². The van der Waals surface area contributed by atoms with Crippen molar-refractivity contribution in [3.05, 3.63) is 81.7 Å². The second-order valence-corrected chi connectivity index (χ2v) is 8.78. The molecule has 3 aliphatic rings. The summed E-state index contributed by atoms with van der Waals surface area (Å²) in [7, 11) is 0. The largest absolute Gasteiger partial charge is 0.423 e. The standard InChI is InChI=1S/C24H22N4O2/c25-11-20-24(30-23(26-20)19-10-18(19)16-5-2-1-3-6-16)27-12-15-9-17(14-27)21-7-4-8-22(29)28(21)13-15/h1-8,15,17-19H,9-10,12-14H2/t15-,17+,18+,19-/m1/s1. The molecule has 6 nitrogen and oxygen atoms in total. The second kappa shape index (κ2) is 6.60. The molecule has 6 rings (SSSR count). The van der Waals surface area contributed by atoms with E-state index in [1.807, 2.05) is 16.7 Å². The molecule has 1 saturated heterocycles. The van der Waals surface area contributed by atoms with E-state index in [1.165, 1.54) is 5.56 Å². The molecule has 2 bridgehead atoms. The van der Waals surface area contributed by atoms with Crippen molar-refractivity contribution < 1.29 is 4.42 Å². The van der Waals surface area contributed by atoms with E-state index in [-0.39, 0.29) is 17.4 Å². The molecule has 0 radical (unpaired) electrons. The molecule has 0 spiro atoms. The molecular formula is C24H22N4O2. The fourth-order valence-electron chi connectivity index (χ4n) is 5.37. The molecule has 2 aliphatic heterocycles. The van der Waals surface area contributed by atoms with Crippen LogP contribution in [0.4, 0.5) is 5.88 Å². The Labute approximate surface area is 174 Å². The van der Waals surface area contributed by atoms with Gasteiger partial charge in [0.1, 0.15) is 6.07 Å². The van der Waals surface area contributed by atoms with Crippen molar-refractivity contribution in [1.82, 2.24) is 9.55 Å². The van der Waals surface area contributed by atoms with Crippen molar-refractivity contribution in [3.8, 4) is 6.07 Å². The van der Waals surface area contributed by atoms with Crippen molar-refractivity contribution in [2.75, 3.05) is 18.0 Å². The molecular weight excluding hydrogens is 376 g/mol. The molecule has 1 saturated carbocycles. The lowest BCUT2D eigenvalue weighted by molar-refractivity contribution is 0.274. The van der Waals surface area contributed by atoms with Crippen molar-refractivity contribution in [2.45, 2.75) is 37.1 Å². The Hall–Kier alpha value is -3.33. The summed E-state index contributed by atoms with van der Waals surface area (Å²) in [6.45, 7) is 2.26. The third-order valence-electron chi connectivity index (χ3n) is 6.83. The van der Waals surface area contributed by atoms with Crippen molar-refractivity contribution in [1.29, 1.82) is 5.26 Å². The Morgan fingerprint density at radius 1 is 1.00 bits per heavy atom. The first-order chi connectivity index (χ1) is 14.7. The minimum Gasteiger partial charge on any atom is -0.423 e. The number of rotatable bonds is 3. The number of fused-ring (bicyclic) bond motifs is 4. The van der Waals surface area contributed by atoms with Gasteiger partial charge in [-0.3, -0.25) is 4.79 Å². The van der Waals surface area contributed by atoms with Gasteiger partial charge in [0, 0.05) is 43.2 Å². The number of aromatic nitrogens is 2. The molecule has 1 aromatic carbocycles. The molecule has 4 heterocycles. The van der Waals surface area contributed by atoms with Crippen molar-refractivity contribution >= 4 is 5.88 Å². The molecule has 2 fully saturated rings. The summed E-state index contributed by atoms with van der Waals surface area (Å²) in [5, 5.41) is 9.70. The monoisotopic (exact) mass is 398 g/mol. The van der Waals surface area contributed by atoms with Gasteiger partial charge in [0.15, 0.2) is 0 Å². The summed E-state index contributed by atoms with van der Waals surface area (Å²) >= 11 is 0. The summed E-state index contributed by atoms with van der Waals surface area (Å²) in [5.74, 6) is 2.59. The van der Waals surface area contributed by atoms with Crippen molar-refractivity contribution in [3.63, 3.8) is 0 Å². The number of oxazole rings is 1. The van der Waals surface area contributed by atoms with Gasteiger partial charge < -0.3 is 13.9 Å². The zero-order valence-corrected chi connectivity index (χ0v) is 16.6. The van der Waals surface area contributed by atoms with E-state index in [1.54, 1.807) is 6.07 Å². The normalized spacial score (nSPS) is 26.7. The minimum atomic E-state index is 0.0796. The van der Waals surface area contributed by atoms with Gasteiger partial charge >= 0.3 is 0 Å². The van der Waals surface area contributed by atoms with Crippen LogP contribution in [-0.2, 0) is 6.54 Å². The maximum atomic E-state index is 12.3. The molecule has 4 atom stereocenters. The zero-order valence-electron chi connectivity index (χ0n) is 16.6. The highest BCUT2D eigenvalue weighted by molar-refractivity contribution is 5.50. The topological polar surface area (TPSA) is 75.1 Å². The van der Waals surface area contributed by atoms with Crippen LogP contribution in [-0.4, -0.2) is 22.6 Å². The Bertz CT molecular complexity index is 1210. The minimum absolute atomic E-state index is 0.0796. The lowest BCUT2D eigenvalue weighted by Gasteiger charge is -2.42. The lowest BCUT2D eigenvalue weighted by atomic mass is 9.83. The van der Waals surface area contributed by atoms with Gasteiger partial charge in [0.2, 0.25) is 17.5 Å². The second-order valence-electron chi connectivity index (χ2n) is 8.78. The van der Waals surface area contributed by atoms with E-state index >= 15 is 0 Å². The van der Waals surface area contributed by atoms with Crippen LogP contribution in [0.3, 0.4) is 0 Å². The van der Waals surface area contributed by atoms with Crippen LogP contribution < -0.4 is 10.5 Å². The van der Waals surface area contributed by atoms with Gasteiger partial charge in [0.05, 0.1) is 0 Å². The number of nitriles is 1. The number of piperidine rings is 1. The van der Waals surface area contributed by atoms with Crippen LogP contribution in [0.2, 0.25) is 0 Å². The molecule has 30 heavy (non-hydrogen) atoms. The van der Waals surface area contributed by atoms with Crippen LogP contribution in [0.25, 0.3) is 0 Å². The van der Waals surface area contributed by atoms with E-state index in [9.17, 15) is 10.1 Å². The number of anilines is 1. The predicted molar refractivity (Wildman–Crippen MR) is 112 cm³/mol. The van der Waals surface area contributed by atoms with Crippen LogP contribution >= 0.6 is 0 Å². The van der Waals surface area contributed by atoms with Gasteiger partial charge in [-0.25, -0.2) is 4.98 Å². The van der Waals surface area contributed by atoms with Gasteiger partial charge in [0.25, 0.3) is 5.56 Å². The number of nitrogens with zero attached hydrogens (tertiary/aromatic N) is 4. The summed E-state index contributed by atoms with van der Waals surface area (Å²) in [4.78, 5) is 19.0. The first-order valence-electron chi connectivity index (χ1n) is 10.6. The van der Waals surface area contributed by atoms with Crippen molar-refractivity contribution in [2.24, 2.45) is 5.92 Å². The van der Waals surface area contributed by atoms with Gasteiger partial charge in [-0.2, -0.15) is 5.26 Å².